The Hall–Kier alpha value is -2.69. The largest absolute Gasteiger partial charge is 0.480 e. The van der Waals surface area contributed by atoms with Crippen LogP contribution in [-0.2, 0) is 24.0 Å². The summed E-state index contributed by atoms with van der Waals surface area (Å²) in [4.78, 5) is 55.7. The molecule has 0 radical (unpaired) electrons. The molecule has 9 N–H and O–H groups in total. The minimum absolute atomic E-state index is 0.143. The SMILES string of the molecule is NCC(=O)N[C@@H](CCC(N)=O)C(=O)N[C@@H](CC(N)=O)C(=O)O. The number of primary amides is 2. The molecule has 0 aliphatic carbocycles. The van der Waals surface area contributed by atoms with Crippen molar-refractivity contribution < 1.29 is 29.1 Å². The van der Waals surface area contributed by atoms with E-state index in [0.717, 1.165) is 0 Å². The van der Waals surface area contributed by atoms with Gasteiger partial charge in [-0.05, 0) is 6.42 Å². The van der Waals surface area contributed by atoms with Crippen LogP contribution in [-0.4, -0.2) is 53.3 Å². The molecule has 0 saturated heterocycles. The van der Waals surface area contributed by atoms with Crippen molar-refractivity contribution in [1.29, 1.82) is 0 Å². The first-order valence-electron chi connectivity index (χ1n) is 6.26. The summed E-state index contributed by atoms with van der Waals surface area (Å²) in [5.41, 5.74) is 14.9. The predicted molar refractivity (Wildman–Crippen MR) is 72.8 cm³/mol. The van der Waals surface area contributed by atoms with Gasteiger partial charge in [-0.1, -0.05) is 0 Å². The average Bonchev–Trinajstić information content (AvgIpc) is 2.41. The number of nitrogens with two attached hydrogens (primary N) is 3. The molecule has 0 spiro atoms. The quantitative estimate of drug-likeness (QED) is 0.236. The highest BCUT2D eigenvalue weighted by Crippen LogP contribution is 2.00. The molecule has 11 heteroatoms. The zero-order chi connectivity index (χ0) is 17.3. The number of nitrogens with one attached hydrogen (secondary N) is 2. The van der Waals surface area contributed by atoms with Crippen molar-refractivity contribution in [3.8, 4) is 0 Å². The van der Waals surface area contributed by atoms with Crippen LogP contribution < -0.4 is 27.8 Å². The van der Waals surface area contributed by atoms with E-state index in [9.17, 15) is 24.0 Å². The lowest BCUT2D eigenvalue weighted by Gasteiger charge is -2.20. The summed E-state index contributed by atoms with van der Waals surface area (Å²) in [6, 6.07) is -2.76. The second-order valence-corrected chi connectivity index (χ2v) is 4.40. The zero-order valence-corrected chi connectivity index (χ0v) is 11.7. The van der Waals surface area contributed by atoms with Crippen LogP contribution in [0.1, 0.15) is 19.3 Å². The van der Waals surface area contributed by atoms with Gasteiger partial charge in [0.15, 0.2) is 0 Å². The third kappa shape index (κ3) is 7.79. The van der Waals surface area contributed by atoms with Crippen molar-refractivity contribution in [1.82, 2.24) is 10.6 Å². The Balaban J connectivity index is 4.90. The minimum Gasteiger partial charge on any atom is -0.480 e. The van der Waals surface area contributed by atoms with Crippen LogP contribution in [0.15, 0.2) is 0 Å². The Morgan fingerprint density at radius 2 is 1.55 bits per heavy atom. The number of aliphatic carboxylic acids is 1. The summed E-state index contributed by atoms with van der Waals surface area (Å²) in [6.07, 6.45) is -0.971. The van der Waals surface area contributed by atoms with Crippen LogP contribution in [0, 0.1) is 0 Å². The summed E-state index contributed by atoms with van der Waals surface area (Å²) in [5.74, 6) is -4.66. The van der Waals surface area contributed by atoms with Crippen molar-refractivity contribution in [3.63, 3.8) is 0 Å². The molecule has 0 rings (SSSR count). The molecule has 11 nitrogen and oxygen atoms in total. The smallest absolute Gasteiger partial charge is 0.326 e. The molecule has 124 valence electrons. The molecule has 0 unspecified atom stereocenters. The molecule has 0 heterocycles. The number of hydrogen-bond acceptors (Lipinski definition) is 6. The summed E-state index contributed by atoms with van der Waals surface area (Å²) >= 11 is 0. The second kappa shape index (κ2) is 9.28. The maximum Gasteiger partial charge on any atom is 0.326 e. The highest BCUT2D eigenvalue weighted by molar-refractivity contribution is 5.92. The first-order valence-corrected chi connectivity index (χ1v) is 6.26. The lowest BCUT2D eigenvalue weighted by atomic mass is 10.1. The number of carboxylic acids is 1. The van der Waals surface area contributed by atoms with Crippen LogP contribution >= 0.6 is 0 Å². The third-order valence-electron chi connectivity index (χ3n) is 2.54. The van der Waals surface area contributed by atoms with Crippen molar-refractivity contribution in [2.24, 2.45) is 17.2 Å². The molecule has 0 aliphatic heterocycles. The predicted octanol–water partition coefficient (Wildman–Crippen LogP) is -3.86. The fraction of sp³-hybridized carbons (Fsp3) is 0.545. The standard InChI is InChI=1S/C11H19N5O6/c12-4-9(19)15-5(1-2-7(13)17)10(20)16-6(11(21)22)3-8(14)18/h5-6H,1-4,12H2,(H2,13,17)(H2,14,18)(H,15,19)(H,16,20)(H,21,22)/t5-,6-/m0/s1. The summed E-state index contributed by atoms with van der Waals surface area (Å²) in [6.45, 7) is -0.399. The zero-order valence-electron chi connectivity index (χ0n) is 11.7. The topological polar surface area (TPSA) is 208 Å². The molecule has 4 amide bonds. The number of carbonyl (C=O) groups excluding carboxylic acids is 4. The monoisotopic (exact) mass is 317 g/mol. The first-order chi connectivity index (χ1) is 10.2. The highest BCUT2D eigenvalue weighted by Gasteiger charge is 2.27. The number of carbonyl (C=O) groups is 5. The Kier molecular flexibility index (Phi) is 8.15. The van der Waals surface area contributed by atoms with Crippen LogP contribution in [0.25, 0.3) is 0 Å². The maximum atomic E-state index is 12.0. The van der Waals surface area contributed by atoms with E-state index in [1.54, 1.807) is 0 Å². The number of hydrogen-bond donors (Lipinski definition) is 6. The number of carboxylic acid groups (broad SMARTS) is 1. The van der Waals surface area contributed by atoms with Crippen molar-refractivity contribution >= 4 is 29.6 Å². The van der Waals surface area contributed by atoms with E-state index in [1.807, 2.05) is 0 Å². The van der Waals surface area contributed by atoms with E-state index < -0.39 is 54.6 Å². The van der Waals surface area contributed by atoms with E-state index in [0.29, 0.717) is 0 Å². The van der Waals surface area contributed by atoms with Crippen LogP contribution in [0.2, 0.25) is 0 Å². The fourth-order valence-electron chi connectivity index (χ4n) is 1.48. The molecule has 0 saturated carbocycles. The highest BCUT2D eigenvalue weighted by atomic mass is 16.4. The van der Waals surface area contributed by atoms with Crippen molar-refractivity contribution in [3.05, 3.63) is 0 Å². The molecular weight excluding hydrogens is 298 g/mol. The van der Waals surface area contributed by atoms with Gasteiger partial charge in [0.25, 0.3) is 0 Å². The Morgan fingerprint density at radius 1 is 0.955 bits per heavy atom. The van der Waals surface area contributed by atoms with Crippen LogP contribution in [0.4, 0.5) is 0 Å². The summed E-state index contributed by atoms with van der Waals surface area (Å²) in [7, 11) is 0. The van der Waals surface area contributed by atoms with Gasteiger partial charge in [0, 0.05) is 6.42 Å². The van der Waals surface area contributed by atoms with Crippen LogP contribution in [0.3, 0.4) is 0 Å². The molecule has 0 aromatic heterocycles. The lowest BCUT2D eigenvalue weighted by Crippen LogP contribution is -2.53. The molecule has 0 aliphatic rings. The average molecular weight is 317 g/mol. The number of amides is 4. The molecule has 0 fully saturated rings. The Bertz CT molecular complexity index is 466. The van der Waals surface area contributed by atoms with Crippen molar-refractivity contribution in [2.75, 3.05) is 6.54 Å². The summed E-state index contributed by atoms with van der Waals surface area (Å²) < 4.78 is 0. The van der Waals surface area contributed by atoms with Crippen molar-refractivity contribution in [2.45, 2.75) is 31.3 Å². The first kappa shape index (κ1) is 19.3. The minimum atomic E-state index is -1.55. The maximum absolute atomic E-state index is 12.0. The summed E-state index contributed by atoms with van der Waals surface area (Å²) in [5, 5.41) is 13.2. The molecule has 22 heavy (non-hydrogen) atoms. The van der Waals surface area contributed by atoms with E-state index in [1.165, 1.54) is 0 Å². The van der Waals surface area contributed by atoms with Gasteiger partial charge in [0.2, 0.25) is 23.6 Å². The molecular formula is C11H19N5O6. The third-order valence-corrected chi connectivity index (χ3v) is 2.54. The fourth-order valence-corrected chi connectivity index (χ4v) is 1.48. The van der Waals surface area contributed by atoms with E-state index >= 15 is 0 Å². The van der Waals surface area contributed by atoms with Gasteiger partial charge in [-0.3, -0.25) is 19.2 Å². The van der Waals surface area contributed by atoms with Gasteiger partial charge in [-0.15, -0.1) is 0 Å². The van der Waals surface area contributed by atoms with Gasteiger partial charge >= 0.3 is 5.97 Å². The number of rotatable bonds is 10. The van der Waals surface area contributed by atoms with Gasteiger partial charge in [-0.25, -0.2) is 4.79 Å². The van der Waals surface area contributed by atoms with E-state index in [-0.39, 0.29) is 12.8 Å². The molecule has 0 aromatic carbocycles. The van der Waals surface area contributed by atoms with Gasteiger partial charge in [0.05, 0.1) is 13.0 Å². The molecule has 0 bridgehead atoms. The van der Waals surface area contributed by atoms with Crippen LogP contribution in [0.5, 0.6) is 0 Å². The van der Waals surface area contributed by atoms with E-state index in [2.05, 4.69) is 10.6 Å². The normalized spacial score (nSPS) is 12.8. The Morgan fingerprint density at radius 3 is 1.95 bits per heavy atom. The van der Waals surface area contributed by atoms with E-state index in [4.69, 9.17) is 22.3 Å². The molecule has 0 aromatic rings. The second-order valence-electron chi connectivity index (χ2n) is 4.40. The van der Waals surface area contributed by atoms with Gasteiger partial charge < -0.3 is 32.9 Å². The van der Waals surface area contributed by atoms with Gasteiger partial charge in [-0.2, -0.15) is 0 Å². The Labute approximate surface area is 125 Å². The molecule has 2 atom stereocenters. The lowest BCUT2D eigenvalue weighted by molar-refractivity contribution is -0.143. The van der Waals surface area contributed by atoms with Gasteiger partial charge in [0.1, 0.15) is 12.1 Å².